The average molecular weight is 190 g/mol. The highest BCUT2D eigenvalue weighted by Gasteiger charge is 2.09. The van der Waals surface area contributed by atoms with Gasteiger partial charge in [-0.25, -0.2) is 0 Å². The standard InChI is InChI=1S/C11H14N2O/c1-7-4-9(10(13)6-12)5-8(2)11(7)14-3/h4-5,10H,13H2,1-3H3/t10-/m1/s1. The van der Waals surface area contributed by atoms with Gasteiger partial charge in [0.2, 0.25) is 0 Å². The van der Waals surface area contributed by atoms with Crippen LogP contribution in [0.25, 0.3) is 0 Å². The second kappa shape index (κ2) is 4.12. The molecular formula is C11H14N2O. The zero-order valence-corrected chi connectivity index (χ0v) is 8.66. The lowest BCUT2D eigenvalue weighted by Gasteiger charge is -2.12. The lowest BCUT2D eigenvalue weighted by atomic mass is 10.0. The van der Waals surface area contributed by atoms with Crippen molar-refractivity contribution in [3.63, 3.8) is 0 Å². The van der Waals surface area contributed by atoms with Crippen LogP contribution in [0, 0.1) is 25.2 Å². The third-order valence-corrected chi connectivity index (χ3v) is 2.18. The van der Waals surface area contributed by atoms with E-state index in [0.29, 0.717) is 0 Å². The zero-order chi connectivity index (χ0) is 10.7. The van der Waals surface area contributed by atoms with Crippen LogP contribution in [0.3, 0.4) is 0 Å². The number of aryl methyl sites for hydroxylation is 2. The molecule has 1 rings (SSSR count). The smallest absolute Gasteiger partial charge is 0.124 e. The first-order valence-electron chi connectivity index (χ1n) is 4.40. The molecule has 0 fully saturated rings. The van der Waals surface area contributed by atoms with Gasteiger partial charge < -0.3 is 10.5 Å². The number of methoxy groups -OCH3 is 1. The molecule has 1 atom stereocenters. The second-order valence-electron chi connectivity index (χ2n) is 3.29. The van der Waals surface area contributed by atoms with E-state index in [2.05, 4.69) is 0 Å². The maximum atomic E-state index is 8.69. The molecule has 0 unspecified atom stereocenters. The summed E-state index contributed by atoms with van der Waals surface area (Å²) in [5.74, 6) is 0.860. The third kappa shape index (κ3) is 1.86. The van der Waals surface area contributed by atoms with E-state index < -0.39 is 6.04 Å². The van der Waals surface area contributed by atoms with E-state index in [-0.39, 0.29) is 0 Å². The van der Waals surface area contributed by atoms with Gasteiger partial charge in [-0.2, -0.15) is 5.26 Å². The van der Waals surface area contributed by atoms with Gasteiger partial charge in [0.1, 0.15) is 11.8 Å². The Balaban J connectivity index is 3.22. The minimum Gasteiger partial charge on any atom is -0.496 e. The Morgan fingerprint density at radius 3 is 2.21 bits per heavy atom. The van der Waals surface area contributed by atoms with Crippen molar-refractivity contribution >= 4 is 0 Å². The molecule has 74 valence electrons. The predicted molar refractivity (Wildman–Crippen MR) is 55.0 cm³/mol. The number of hydrogen-bond acceptors (Lipinski definition) is 3. The van der Waals surface area contributed by atoms with E-state index in [1.807, 2.05) is 32.0 Å². The van der Waals surface area contributed by atoms with Gasteiger partial charge in [0.15, 0.2) is 0 Å². The molecule has 0 aliphatic rings. The summed E-state index contributed by atoms with van der Waals surface area (Å²) in [6, 6.07) is 5.23. The van der Waals surface area contributed by atoms with Crippen LogP contribution in [-0.2, 0) is 0 Å². The molecule has 0 spiro atoms. The summed E-state index contributed by atoms with van der Waals surface area (Å²) in [4.78, 5) is 0. The highest BCUT2D eigenvalue weighted by atomic mass is 16.5. The van der Waals surface area contributed by atoms with Gasteiger partial charge in [-0.05, 0) is 42.7 Å². The summed E-state index contributed by atoms with van der Waals surface area (Å²) in [7, 11) is 1.64. The molecule has 0 heterocycles. The quantitative estimate of drug-likeness (QED) is 0.774. The van der Waals surface area contributed by atoms with Crippen molar-refractivity contribution in [1.29, 1.82) is 5.26 Å². The summed E-state index contributed by atoms with van der Waals surface area (Å²) in [6.07, 6.45) is 0. The molecular weight excluding hydrogens is 176 g/mol. The molecule has 1 aromatic rings. The second-order valence-corrected chi connectivity index (χ2v) is 3.29. The first kappa shape index (κ1) is 10.6. The normalized spacial score (nSPS) is 11.9. The Kier molecular flexibility index (Phi) is 3.10. The van der Waals surface area contributed by atoms with Crippen molar-refractivity contribution in [2.75, 3.05) is 7.11 Å². The van der Waals surface area contributed by atoms with Crippen LogP contribution >= 0.6 is 0 Å². The first-order valence-corrected chi connectivity index (χ1v) is 4.40. The molecule has 14 heavy (non-hydrogen) atoms. The van der Waals surface area contributed by atoms with Crippen molar-refractivity contribution in [3.05, 3.63) is 28.8 Å². The van der Waals surface area contributed by atoms with E-state index in [1.165, 1.54) is 0 Å². The van der Waals surface area contributed by atoms with Crippen LogP contribution < -0.4 is 10.5 Å². The van der Waals surface area contributed by atoms with Crippen molar-refractivity contribution in [2.24, 2.45) is 5.73 Å². The topological polar surface area (TPSA) is 59.0 Å². The molecule has 3 heteroatoms. The van der Waals surface area contributed by atoms with Crippen molar-refractivity contribution in [1.82, 2.24) is 0 Å². The maximum Gasteiger partial charge on any atom is 0.124 e. The van der Waals surface area contributed by atoms with Crippen LogP contribution in [0.4, 0.5) is 0 Å². The molecule has 0 aliphatic carbocycles. The fourth-order valence-electron chi connectivity index (χ4n) is 1.56. The van der Waals surface area contributed by atoms with Crippen LogP contribution in [0.2, 0.25) is 0 Å². The van der Waals surface area contributed by atoms with Crippen LogP contribution in [-0.4, -0.2) is 7.11 Å². The van der Waals surface area contributed by atoms with Gasteiger partial charge in [0.25, 0.3) is 0 Å². The Labute approximate surface area is 84.1 Å². The first-order chi connectivity index (χ1) is 6.60. The molecule has 0 aromatic heterocycles. The van der Waals surface area contributed by atoms with Crippen molar-refractivity contribution in [2.45, 2.75) is 19.9 Å². The maximum absolute atomic E-state index is 8.69. The van der Waals surface area contributed by atoms with E-state index in [4.69, 9.17) is 15.7 Å². The minimum atomic E-state index is -0.557. The number of nitriles is 1. The molecule has 0 amide bonds. The van der Waals surface area contributed by atoms with Gasteiger partial charge in [0.05, 0.1) is 13.2 Å². The van der Waals surface area contributed by atoms with E-state index in [9.17, 15) is 0 Å². The van der Waals surface area contributed by atoms with Crippen LogP contribution in [0.15, 0.2) is 12.1 Å². The molecule has 0 aliphatic heterocycles. The number of benzene rings is 1. The Hall–Kier alpha value is -1.53. The fraction of sp³-hybridized carbons (Fsp3) is 0.364. The molecule has 1 aromatic carbocycles. The lowest BCUT2D eigenvalue weighted by Crippen LogP contribution is -2.08. The number of nitrogens with two attached hydrogens (primary N) is 1. The summed E-state index contributed by atoms with van der Waals surface area (Å²) < 4.78 is 5.22. The SMILES string of the molecule is COc1c(C)cc([C@H](N)C#N)cc1C. The average Bonchev–Trinajstić information content (AvgIpc) is 2.16. The van der Waals surface area contributed by atoms with Crippen molar-refractivity contribution < 1.29 is 4.74 Å². The molecule has 0 saturated heterocycles. The summed E-state index contributed by atoms with van der Waals surface area (Å²) in [5, 5.41) is 8.69. The lowest BCUT2D eigenvalue weighted by molar-refractivity contribution is 0.408. The van der Waals surface area contributed by atoms with Gasteiger partial charge in [0, 0.05) is 0 Å². The minimum absolute atomic E-state index is 0.557. The number of hydrogen-bond donors (Lipinski definition) is 1. The molecule has 2 N–H and O–H groups in total. The Bertz CT molecular complexity index is 356. The van der Waals surface area contributed by atoms with Crippen molar-refractivity contribution in [3.8, 4) is 11.8 Å². The van der Waals surface area contributed by atoms with Gasteiger partial charge >= 0.3 is 0 Å². The largest absolute Gasteiger partial charge is 0.496 e. The zero-order valence-electron chi connectivity index (χ0n) is 8.66. The highest BCUT2D eigenvalue weighted by Crippen LogP contribution is 2.26. The van der Waals surface area contributed by atoms with Gasteiger partial charge in [-0.15, -0.1) is 0 Å². The predicted octanol–water partition coefficient (Wildman–Crippen LogP) is 1.84. The number of nitrogens with zero attached hydrogens (tertiary/aromatic N) is 1. The summed E-state index contributed by atoms with van der Waals surface area (Å²) in [5.41, 5.74) is 8.47. The summed E-state index contributed by atoms with van der Waals surface area (Å²) in [6.45, 7) is 3.89. The highest BCUT2D eigenvalue weighted by molar-refractivity contribution is 5.45. The van der Waals surface area contributed by atoms with Gasteiger partial charge in [-0.1, -0.05) is 0 Å². The Morgan fingerprint density at radius 1 is 1.36 bits per heavy atom. The molecule has 0 bridgehead atoms. The van der Waals surface area contributed by atoms with E-state index in [0.717, 1.165) is 22.4 Å². The number of ether oxygens (including phenoxy) is 1. The Morgan fingerprint density at radius 2 is 1.86 bits per heavy atom. The molecule has 0 radical (unpaired) electrons. The van der Waals surface area contributed by atoms with Crippen LogP contribution in [0.5, 0.6) is 5.75 Å². The fourth-order valence-corrected chi connectivity index (χ4v) is 1.56. The third-order valence-electron chi connectivity index (χ3n) is 2.18. The monoisotopic (exact) mass is 190 g/mol. The van der Waals surface area contributed by atoms with E-state index >= 15 is 0 Å². The van der Waals surface area contributed by atoms with Gasteiger partial charge in [-0.3, -0.25) is 0 Å². The number of rotatable bonds is 2. The summed E-state index contributed by atoms with van der Waals surface area (Å²) >= 11 is 0. The molecule has 0 saturated carbocycles. The van der Waals surface area contributed by atoms with Crippen LogP contribution in [0.1, 0.15) is 22.7 Å². The van der Waals surface area contributed by atoms with E-state index in [1.54, 1.807) is 7.11 Å². The molecule has 3 nitrogen and oxygen atoms in total.